The quantitative estimate of drug-likeness (QED) is 0.408. The Morgan fingerprint density at radius 2 is 2.00 bits per heavy atom. The molecule has 0 aromatic rings. The van der Waals surface area contributed by atoms with Gasteiger partial charge in [-0.25, -0.2) is 0 Å². The molecular weight excluding hydrogens is 162 g/mol. The third-order valence-electron chi connectivity index (χ3n) is 2.92. The molecule has 2 atom stereocenters. The maximum absolute atomic E-state index is 5.18. The third kappa shape index (κ3) is 3.02. The topological polar surface area (TPSA) is 21.3 Å². The first-order valence-corrected chi connectivity index (χ1v) is 5.06. The molecule has 13 heavy (non-hydrogen) atoms. The van der Waals surface area contributed by atoms with Gasteiger partial charge in [0.2, 0.25) is 0 Å². The second kappa shape index (κ2) is 5.26. The fourth-order valence-electron chi connectivity index (χ4n) is 2.09. The van der Waals surface area contributed by atoms with E-state index in [1.54, 1.807) is 0 Å². The fourth-order valence-corrected chi connectivity index (χ4v) is 2.09. The molecule has 1 aliphatic rings. The summed E-state index contributed by atoms with van der Waals surface area (Å²) in [5, 5.41) is 0. The summed E-state index contributed by atoms with van der Waals surface area (Å²) >= 11 is 0. The molecule has 2 unspecified atom stereocenters. The number of rotatable bonds is 3. The van der Waals surface area contributed by atoms with E-state index in [4.69, 9.17) is 11.3 Å². The van der Waals surface area contributed by atoms with Crippen LogP contribution in [0.5, 0.6) is 0 Å². The average Bonchev–Trinajstić information content (AvgIpc) is 2.10. The summed E-state index contributed by atoms with van der Waals surface area (Å²) in [6, 6.07) is 0.474. The van der Waals surface area contributed by atoms with Crippen LogP contribution in [0.25, 0.3) is 0 Å². The molecule has 1 rings (SSSR count). The van der Waals surface area contributed by atoms with E-state index in [0.717, 1.165) is 0 Å². The summed E-state index contributed by atoms with van der Waals surface area (Å²) in [5.41, 5.74) is 3.08. The summed E-state index contributed by atoms with van der Waals surface area (Å²) in [4.78, 5) is 5.18. The Morgan fingerprint density at radius 3 is 2.54 bits per heavy atom. The van der Waals surface area contributed by atoms with Gasteiger partial charge in [0.15, 0.2) is 0 Å². The number of hydroxylamine groups is 1. The lowest BCUT2D eigenvalue weighted by molar-refractivity contribution is -0.00565. The third-order valence-corrected chi connectivity index (χ3v) is 2.92. The molecule has 1 N–H and O–H groups in total. The van der Waals surface area contributed by atoms with Crippen molar-refractivity contribution in [3.63, 3.8) is 0 Å². The number of nitrogens with one attached hydrogen (secondary N) is 1. The first-order valence-electron chi connectivity index (χ1n) is 5.06. The average molecular weight is 181 g/mol. The van der Waals surface area contributed by atoms with Crippen molar-refractivity contribution in [2.45, 2.75) is 39.2 Å². The highest BCUT2D eigenvalue weighted by Crippen LogP contribution is 2.28. The van der Waals surface area contributed by atoms with Gasteiger partial charge in [-0.3, -0.25) is 4.84 Å². The monoisotopic (exact) mass is 181 g/mol. The highest BCUT2D eigenvalue weighted by molar-refractivity contribution is 4.84. The molecule has 0 aromatic carbocycles. The molecule has 2 nitrogen and oxygen atoms in total. The number of terminal acetylenes is 1. The van der Waals surface area contributed by atoms with Crippen LogP contribution in [0.4, 0.5) is 0 Å². The normalized spacial score (nSPS) is 34.1. The van der Waals surface area contributed by atoms with Gasteiger partial charge in [0.25, 0.3) is 0 Å². The van der Waals surface area contributed by atoms with Gasteiger partial charge in [0, 0.05) is 6.04 Å². The predicted octanol–water partition coefficient (Wildman–Crippen LogP) is 1.97. The van der Waals surface area contributed by atoms with Crippen LogP contribution in [0.1, 0.15) is 33.1 Å². The second-order valence-electron chi connectivity index (χ2n) is 4.02. The van der Waals surface area contributed by atoms with Crippen molar-refractivity contribution in [1.82, 2.24) is 5.48 Å². The van der Waals surface area contributed by atoms with Gasteiger partial charge in [0.05, 0.1) is 0 Å². The Bertz CT molecular complexity index is 175. The molecule has 2 heteroatoms. The Kier molecular flexibility index (Phi) is 4.27. The Morgan fingerprint density at radius 1 is 1.38 bits per heavy atom. The molecule has 0 spiro atoms. The zero-order valence-corrected chi connectivity index (χ0v) is 8.55. The summed E-state index contributed by atoms with van der Waals surface area (Å²) in [6.45, 7) is 4.90. The molecule has 0 aliphatic heterocycles. The zero-order valence-electron chi connectivity index (χ0n) is 8.55. The minimum absolute atomic E-state index is 0.357. The highest BCUT2D eigenvalue weighted by Gasteiger charge is 2.27. The van der Waals surface area contributed by atoms with Gasteiger partial charge in [-0.1, -0.05) is 26.2 Å². The maximum Gasteiger partial charge on any atom is 0.128 e. The van der Waals surface area contributed by atoms with Crippen molar-refractivity contribution in [3.8, 4) is 12.3 Å². The van der Waals surface area contributed by atoms with Crippen LogP contribution in [-0.2, 0) is 4.84 Å². The van der Waals surface area contributed by atoms with Gasteiger partial charge in [-0.05, 0) is 24.7 Å². The highest BCUT2D eigenvalue weighted by atomic mass is 16.6. The standard InChI is InChI=1S/C11H19NO/c1-4-8-13-12-11-9(2)6-5-7-10(11)3/h1,9-12H,5-8H2,2-3H3. The van der Waals surface area contributed by atoms with Gasteiger partial charge in [0.1, 0.15) is 6.61 Å². The van der Waals surface area contributed by atoms with E-state index < -0.39 is 0 Å². The molecular formula is C11H19NO. The van der Waals surface area contributed by atoms with Crippen molar-refractivity contribution < 1.29 is 4.84 Å². The van der Waals surface area contributed by atoms with Crippen molar-refractivity contribution in [1.29, 1.82) is 0 Å². The molecule has 0 radical (unpaired) electrons. The summed E-state index contributed by atoms with van der Waals surface area (Å²) in [6.07, 6.45) is 9.03. The second-order valence-corrected chi connectivity index (χ2v) is 4.02. The van der Waals surface area contributed by atoms with Gasteiger partial charge >= 0.3 is 0 Å². The van der Waals surface area contributed by atoms with Crippen molar-refractivity contribution >= 4 is 0 Å². The van der Waals surface area contributed by atoms with Crippen molar-refractivity contribution in [2.75, 3.05) is 6.61 Å². The van der Waals surface area contributed by atoms with E-state index in [2.05, 4.69) is 25.2 Å². The molecule has 1 saturated carbocycles. The molecule has 0 heterocycles. The van der Waals surface area contributed by atoms with Crippen LogP contribution in [0.3, 0.4) is 0 Å². The lowest BCUT2D eigenvalue weighted by Gasteiger charge is -2.34. The first-order chi connectivity index (χ1) is 6.25. The van der Waals surface area contributed by atoms with Gasteiger partial charge < -0.3 is 0 Å². The number of hydrogen-bond donors (Lipinski definition) is 1. The summed E-state index contributed by atoms with van der Waals surface area (Å²) < 4.78 is 0. The maximum atomic E-state index is 5.18. The van der Waals surface area contributed by atoms with Crippen molar-refractivity contribution in [3.05, 3.63) is 0 Å². The lowest BCUT2D eigenvalue weighted by atomic mass is 9.79. The Labute approximate surface area is 81.0 Å². The summed E-state index contributed by atoms with van der Waals surface area (Å²) in [7, 11) is 0. The van der Waals surface area contributed by atoms with E-state index in [0.29, 0.717) is 24.5 Å². The smallest absolute Gasteiger partial charge is 0.128 e. The van der Waals surface area contributed by atoms with Crippen molar-refractivity contribution in [2.24, 2.45) is 11.8 Å². The molecule has 0 aromatic heterocycles. The lowest BCUT2D eigenvalue weighted by Crippen LogP contribution is -2.42. The largest absolute Gasteiger partial charge is 0.289 e. The fraction of sp³-hybridized carbons (Fsp3) is 0.818. The van der Waals surface area contributed by atoms with E-state index in [-0.39, 0.29) is 0 Å². The zero-order chi connectivity index (χ0) is 9.68. The van der Waals surface area contributed by atoms with Crippen LogP contribution < -0.4 is 5.48 Å². The summed E-state index contributed by atoms with van der Waals surface area (Å²) in [5.74, 6) is 3.84. The van der Waals surface area contributed by atoms with E-state index in [9.17, 15) is 0 Å². The molecule has 74 valence electrons. The molecule has 0 saturated heterocycles. The minimum atomic E-state index is 0.357. The van der Waals surface area contributed by atoms with Crippen LogP contribution in [0, 0.1) is 24.2 Å². The molecule has 0 bridgehead atoms. The molecule has 0 amide bonds. The van der Waals surface area contributed by atoms with Crippen LogP contribution >= 0.6 is 0 Å². The van der Waals surface area contributed by atoms with Crippen LogP contribution in [-0.4, -0.2) is 12.6 Å². The Hall–Kier alpha value is -0.520. The predicted molar refractivity (Wildman–Crippen MR) is 53.9 cm³/mol. The molecule has 1 aliphatic carbocycles. The van der Waals surface area contributed by atoms with Crippen LogP contribution in [0.15, 0.2) is 0 Å². The van der Waals surface area contributed by atoms with E-state index in [1.807, 2.05) is 0 Å². The van der Waals surface area contributed by atoms with Gasteiger partial charge in [-0.2, -0.15) is 5.48 Å². The number of hydrogen-bond acceptors (Lipinski definition) is 2. The Balaban J connectivity index is 2.31. The molecule has 1 fully saturated rings. The SMILES string of the molecule is C#CCONC1C(C)CCCC1C. The van der Waals surface area contributed by atoms with Crippen LogP contribution in [0.2, 0.25) is 0 Å². The van der Waals surface area contributed by atoms with Gasteiger partial charge in [-0.15, -0.1) is 6.42 Å². The van der Waals surface area contributed by atoms with E-state index in [1.165, 1.54) is 19.3 Å². The minimum Gasteiger partial charge on any atom is -0.289 e. The first kappa shape index (κ1) is 10.6. The van der Waals surface area contributed by atoms with E-state index >= 15 is 0 Å².